The van der Waals surface area contributed by atoms with Crippen molar-refractivity contribution < 1.29 is 14.4 Å². The van der Waals surface area contributed by atoms with Gasteiger partial charge in [-0.15, -0.1) is 0 Å². The molecule has 1 fully saturated rings. The highest BCUT2D eigenvalue weighted by Gasteiger charge is 2.33. The molecule has 174 valence electrons. The van der Waals surface area contributed by atoms with Gasteiger partial charge in [-0.2, -0.15) is 4.99 Å². The van der Waals surface area contributed by atoms with Crippen LogP contribution >= 0.6 is 11.8 Å². The third kappa shape index (κ3) is 6.34. The van der Waals surface area contributed by atoms with Gasteiger partial charge in [-0.3, -0.25) is 14.4 Å². The molecule has 1 N–H and O–H groups in total. The first-order valence-corrected chi connectivity index (χ1v) is 12.4. The van der Waals surface area contributed by atoms with Crippen LogP contribution in [0.3, 0.4) is 0 Å². The number of likely N-dealkylation sites (tertiary alicyclic amines) is 1. The number of carbonyl (C=O) groups is 3. The number of nitrogens with one attached hydrogen (secondary N) is 1. The van der Waals surface area contributed by atoms with Crippen LogP contribution in [0.25, 0.3) is 0 Å². The molecule has 3 rings (SSSR count). The molecule has 2 aliphatic heterocycles. The van der Waals surface area contributed by atoms with Gasteiger partial charge < -0.3 is 15.1 Å². The second-order valence-electron chi connectivity index (χ2n) is 9.16. The number of hydrogen-bond acceptors (Lipinski definition) is 5. The monoisotopic (exact) mass is 458 g/mol. The van der Waals surface area contributed by atoms with Crippen LogP contribution in [0.1, 0.15) is 63.7 Å². The van der Waals surface area contributed by atoms with Crippen LogP contribution in [-0.4, -0.2) is 63.6 Å². The summed E-state index contributed by atoms with van der Waals surface area (Å²) in [6, 6.07) is 7.06. The van der Waals surface area contributed by atoms with Gasteiger partial charge in [-0.05, 0) is 63.3 Å². The van der Waals surface area contributed by atoms with Gasteiger partial charge in [0.15, 0.2) is 5.17 Å². The van der Waals surface area contributed by atoms with Crippen LogP contribution in [-0.2, 0) is 9.59 Å². The largest absolute Gasteiger partial charge is 0.351 e. The number of hydrogen-bond donors (Lipinski definition) is 1. The van der Waals surface area contributed by atoms with E-state index in [4.69, 9.17) is 0 Å². The first kappa shape index (κ1) is 24.3. The topological polar surface area (TPSA) is 82.1 Å². The molecular weight excluding hydrogens is 424 g/mol. The molecule has 1 saturated heterocycles. The molecule has 0 bridgehead atoms. The van der Waals surface area contributed by atoms with Crippen molar-refractivity contribution in [3.05, 3.63) is 29.8 Å². The van der Waals surface area contributed by atoms with Crippen LogP contribution in [0.4, 0.5) is 5.69 Å². The van der Waals surface area contributed by atoms with Crippen LogP contribution in [0.5, 0.6) is 0 Å². The fourth-order valence-corrected chi connectivity index (χ4v) is 5.01. The Kier molecular flexibility index (Phi) is 8.34. The van der Waals surface area contributed by atoms with E-state index in [2.05, 4.69) is 29.1 Å². The van der Waals surface area contributed by atoms with Gasteiger partial charge in [0, 0.05) is 43.3 Å². The van der Waals surface area contributed by atoms with Gasteiger partial charge in [0.2, 0.25) is 5.91 Å². The molecule has 0 spiro atoms. The lowest BCUT2D eigenvalue weighted by Gasteiger charge is -2.28. The van der Waals surface area contributed by atoms with E-state index in [1.54, 1.807) is 24.3 Å². The van der Waals surface area contributed by atoms with E-state index in [1.807, 2.05) is 18.7 Å². The Bertz CT molecular complexity index is 861. The molecule has 1 aromatic rings. The first-order valence-electron chi connectivity index (χ1n) is 11.5. The van der Waals surface area contributed by atoms with Crippen molar-refractivity contribution in [3.8, 4) is 0 Å². The molecule has 2 aliphatic rings. The zero-order valence-electron chi connectivity index (χ0n) is 19.5. The van der Waals surface area contributed by atoms with E-state index in [1.165, 1.54) is 18.2 Å². The molecule has 32 heavy (non-hydrogen) atoms. The number of carbonyl (C=O) groups excluding carboxylic acids is 3. The number of nitrogens with zero attached hydrogens (tertiary/aromatic N) is 3. The summed E-state index contributed by atoms with van der Waals surface area (Å²) in [5.41, 5.74) is 1.21. The lowest BCUT2D eigenvalue weighted by Crippen LogP contribution is -2.39. The predicted molar refractivity (Wildman–Crippen MR) is 130 cm³/mol. The number of thioether (sulfide) groups is 1. The summed E-state index contributed by atoms with van der Waals surface area (Å²) in [4.78, 5) is 45.9. The smallest absolute Gasteiger partial charge is 0.262 e. The van der Waals surface area contributed by atoms with Crippen molar-refractivity contribution in [3.63, 3.8) is 0 Å². The van der Waals surface area contributed by atoms with E-state index < -0.39 is 5.25 Å². The van der Waals surface area contributed by atoms with Crippen LogP contribution in [0, 0.1) is 5.92 Å². The minimum absolute atomic E-state index is 0.0121. The van der Waals surface area contributed by atoms with Gasteiger partial charge in [0.05, 0.1) is 0 Å². The van der Waals surface area contributed by atoms with Crippen LogP contribution < -0.4 is 5.32 Å². The molecule has 1 atom stereocenters. The molecule has 7 nitrogen and oxygen atoms in total. The minimum Gasteiger partial charge on any atom is -0.351 e. The maximum Gasteiger partial charge on any atom is 0.262 e. The van der Waals surface area contributed by atoms with E-state index >= 15 is 0 Å². The van der Waals surface area contributed by atoms with Gasteiger partial charge in [0.1, 0.15) is 5.25 Å². The normalized spacial score (nSPS) is 18.8. The Hall–Kier alpha value is -2.35. The second-order valence-corrected chi connectivity index (χ2v) is 10.3. The van der Waals surface area contributed by atoms with Gasteiger partial charge in [0.25, 0.3) is 11.8 Å². The number of amidine groups is 1. The van der Waals surface area contributed by atoms with Crippen LogP contribution in [0.2, 0.25) is 0 Å². The molecule has 0 saturated carbocycles. The Balaban J connectivity index is 1.53. The van der Waals surface area contributed by atoms with Crippen molar-refractivity contribution >= 4 is 40.3 Å². The summed E-state index contributed by atoms with van der Waals surface area (Å²) in [6.45, 7) is 10.8. The maximum absolute atomic E-state index is 12.9. The molecule has 0 aromatic heterocycles. The zero-order valence-corrected chi connectivity index (χ0v) is 20.3. The highest BCUT2D eigenvalue weighted by atomic mass is 32.2. The summed E-state index contributed by atoms with van der Waals surface area (Å²) in [5.74, 6) is -0.0864. The van der Waals surface area contributed by atoms with Crippen molar-refractivity contribution in [1.82, 2.24) is 9.80 Å². The second kappa shape index (κ2) is 11.0. The average molecular weight is 459 g/mol. The third-order valence-electron chi connectivity index (χ3n) is 5.59. The van der Waals surface area contributed by atoms with Crippen LogP contribution in [0.15, 0.2) is 29.3 Å². The SMILES string of the molecule is CC(C)CN(C(=O)c1ccc(NC(=O)CC2SC(N3CCCCC3)=NC2=O)cc1)C(C)C. The molecule has 0 radical (unpaired) electrons. The zero-order chi connectivity index (χ0) is 23.3. The Labute approximate surface area is 195 Å². The Morgan fingerprint density at radius 1 is 1.12 bits per heavy atom. The highest BCUT2D eigenvalue weighted by molar-refractivity contribution is 8.15. The molecule has 8 heteroatoms. The van der Waals surface area contributed by atoms with E-state index in [9.17, 15) is 14.4 Å². The third-order valence-corrected chi connectivity index (χ3v) is 6.80. The number of aliphatic imine (C=N–C) groups is 1. The van der Waals surface area contributed by atoms with Crippen molar-refractivity contribution in [2.45, 2.75) is 64.7 Å². The average Bonchev–Trinajstić information content (AvgIpc) is 3.12. The fourth-order valence-electron chi connectivity index (χ4n) is 3.89. The van der Waals surface area contributed by atoms with Gasteiger partial charge >= 0.3 is 0 Å². The van der Waals surface area contributed by atoms with E-state index in [0.717, 1.165) is 31.1 Å². The number of anilines is 1. The molecule has 3 amide bonds. The molecular formula is C24H34N4O3S. The van der Waals surface area contributed by atoms with E-state index in [0.29, 0.717) is 23.7 Å². The number of amides is 3. The predicted octanol–water partition coefficient (Wildman–Crippen LogP) is 4.01. The number of rotatable bonds is 7. The van der Waals surface area contributed by atoms with Crippen molar-refractivity contribution in [1.29, 1.82) is 0 Å². The molecule has 0 aliphatic carbocycles. The molecule has 1 aromatic carbocycles. The quantitative estimate of drug-likeness (QED) is 0.668. The van der Waals surface area contributed by atoms with Gasteiger partial charge in [-0.25, -0.2) is 0 Å². The standard InChI is InChI=1S/C24H34N4O3S/c1-16(2)15-28(17(3)4)23(31)18-8-10-19(11-9-18)25-21(29)14-20-22(30)26-24(32-20)27-12-6-5-7-13-27/h8-11,16-17,20H,5-7,12-15H2,1-4H3,(H,25,29). The molecule has 1 unspecified atom stereocenters. The summed E-state index contributed by atoms with van der Waals surface area (Å²) in [7, 11) is 0. The maximum atomic E-state index is 12.9. The van der Waals surface area contributed by atoms with E-state index in [-0.39, 0.29) is 30.2 Å². The lowest BCUT2D eigenvalue weighted by molar-refractivity contribution is -0.121. The molecule has 2 heterocycles. The number of benzene rings is 1. The first-order chi connectivity index (χ1) is 15.2. The summed E-state index contributed by atoms with van der Waals surface area (Å²) in [6.07, 6.45) is 3.53. The minimum atomic E-state index is -0.469. The van der Waals surface area contributed by atoms with Gasteiger partial charge in [-0.1, -0.05) is 25.6 Å². The summed E-state index contributed by atoms with van der Waals surface area (Å²) < 4.78 is 0. The summed E-state index contributed by atoms with van der Waals surface area (Å²) >= 11 is 1.40. The lowest BCUT2D eigenvalue weighted by atomic mass is 10.1. The Morgan fingerprint density at radius 2 is 1.78 bits per heavy atom. The van der Waals surface area contributed by atoms with Crippen molar-refractivity contribution in [2.24, 2.45) is 10.9 Å². The fraction of sp³-hybridized carbons (Fsp3) is 0.583. The highest BCUT2D eigenvalue weighted by Crippen LogP contribution is 2.29. The number of piperidine rings is 1. The van der Waals surface area contributed by atoms with Crippen molar-refractivity contribution in [2.75, 3.05) is 25.0 Å². The summed E-state index contributed by atoms with van der Waals surface area (Å²) in [5, 5.41) is 3.13. The Morgan fingerprint density at radius 3 is 2.38 bits per heavy atom.